The van der Waals surface area contributed by atoms with Crippen molar-refractivity contribution in [3.8, 4) is 11.5 Å². The number of carbonyl (C=O) groups excluding carboxylic acids is 1. The average Bonchev–Trinajstić information content (AvgIpc) is 2.67. The maximum atomic E-state index is 12.2. The molecule has 0 aliphatic heterocycles. The normalized spacial score (nSPS) is 11.6. The molecule has 5 heteroatoms. The Morgan fingerprint density at radius 2 is 1.72 bits per heavy atom. The lowest BCUT2D eigenvalue weighted by atomic mass is 10.2. The van der Waals surface area contributed by atoms with Gasteiger partial charge in [0.05, 0.1) is 20.3 Å². The summed E-state index contributed by atoms with van der Waals surface area (Å²) in [5.74, 6) is 1.25. The van der Waals surface area contributed by atoms with Crippen LogP contribution in [0.2, 0.25) is 0 Å². The Bertz CT molecular complexity index is 628. The minimum absolute atomic E-state index is 0.137. The second-order valence-corrected chi connectivity index (χ2v) is 5.52. The van der Waals surface area contributed by atoms with E-state index in [0.29, 0.717) is 31.9 Å². The zero-order valence-corrected chi connectivity index (χ0v) is 14.7. The molecule has 1 atom stereocenters. The molecule has 134 valence electrons. The molecular formula is C20H25NO4. The molecule has 0 fully saturated rings. The molecule has 2 rings (SSSR count). The highest BCUT2D eigenvalue weighted by Gasteiger charge is 2.17. The molecule has 0 saturated heterocycles. The fourth-order valence-electron chi connectivity index (χ4n) is 2.27. The van der Waals surface area contributed by atoms with Crippen molar-refractivity contribution < 1.29 is 19.0 Å². The third kappa shape index (κ3) is 6.47. The van der Waals surface area contributed by atoms with Gasteiger partial charge in [0, 0.05) is 6.54 Å². The molecule has 0 heterocycles. The molecule has 2 aromatic rings. The summed E-state index contributed by atoms with van der Waals surface area (Å²) in [5, 5.41) is 2.85. The van der Waals surface area contributed by atoms with E-state index in [-0.39, 0.29) is 5.91 Å². The highest BCUT2D eigenvalue weighted by Crippen LogP contribution is 2.18. The molecule has 5 nitrogen and oxygen atoms in total. The number of amides is 1. The maximum absolute atomic E-state index is 12.2. The van der Waals surface area contributed by atoms with Crippen LogP contribution in [0.1, 0.15) is 18.9 Å². The summed E-state index contributed by atoms with van der Waals surface area (Å²) in [5.41, 5.74) is 1.11. The van der Waals surface area contributed by atoms with E-state index >= 15 is 0 Å². The lowest BCUT2D eigenvalue weighted by Gasteiger charge is -2.17. The van der Waals surface area contributed by atoms with Gasteiger partial charge in [0.1, 0.15) is 11.5 Å². The van der Waals surface area contributed by atoms with Crippen LogP contribution in [0.3, 0.4) is 0 Å². The summed E-state index contributed by atoms with van der Waals surface area (Å²) in [4.78, 5) is 12.2. The lowest BCUT2D eigenvalue weighted by molar-refractivity contribution is -0.128. The molecule has 1 unspecified atom stereocenters. The van der Waals surface area contributed by atoms with Crippen molar-refractivity contribution in [3.63, 3.8) is 0 Å². The van der Waals surface area contributed by atoms with Gasteiger partial charge >= 0.3 is 0 Å². The van der Waals surface area contributed by atoms with E-state index in [1.165, 1.54) is 0 Å². The quantitative estimate of drug-likeness (QED) is 0.673. The number of benzene rings is 2. The number of ether oxygens (including phenoxy) is 3. The highest BCUT2D eigenvalue weighted by molar-refractivity contribution is 5.81. The lowest BCUT2D eigenvalue weighted by Crippen LogP contribution is -2.39. The first kappa shape index (κ1) is 18.8. The van der Waals surface area contributed by atoms with E-state index in [2.05, 4.69) is 5.32 Å². The summed E-state index contributed by atoms with van der Waals surface area (Å²) in [6.45, 7) is 3.36. The van der Waals surface area contributed by atoms with E-state index < -0.39 is 6.10 Å². The zero-order chi connectivity index (χ0) is 17.9. The van der Waals surface area contributed by atoms with Crippen LogP contribution in [0, 0.1) is 0 Å². The largest absolute Gasteiger partial charge is 0.497 e. The Hall–Kier alpha value is -2.53. The van der Waals surface area contributed by atoms with Crippen LogP contribution in [-0.2, 0) is 16.1 Å². The maximum Gasteiger partial charge on any atom is 0.261 e. The summed E-state index contributed by atoms with van der Waals surface area (Å²) < 4.78 is 16.4. The van der Waals surface area contributed by atoms with Crippen LogP contribution in [-0.4, -0.2) is 32.3 Å². The van der Waals surface area contributed by atoms with Crippen LogP contribution in [0.5, 0.6) is 11.5 Å². The van der Waals surface area contributed by atoms with Gasteiger partial charge in [-0.05, 0) is 36.2 Å². The minimum atomic E-state index is -0.525. The number of hydrogen-bond acceptors (Lipinski definition) is 4. The summed E-state index contributed by atoms with van der Waals surface area (Å²) in [7, 11) is 1.61. The fourth-order valence-corrected chi connectivity index (χ4v) is 2.27. The Balaban J connectivity index is 1.70. The van der Waals surface area contributed by atoms with Gasteiger partial charge in [-0.1, -0.05) is 37.3 Å². The van der Waals surface area contributed by atoms with Gasteiger partial charge in [0.25, 0.3) is 5.91 Å². The number of carbonyl (C=O) groups is 1. The predicted octanol–water partition coefficient (Wildman–Crippen LogP) is 3.19. The average molecular weight is 343 g/mol. The molecular weight excluding hydrogens is 318 g/mol. The van der Waals surface area contributed by atoms with Gasteiger partial charge in [-0.2, -0.15) is 0 Å². The van der Waals surface area contributed by atoms with Crippen molar-refractivity contribution in [2.24, 2.45) is 0 Å². The Labute approximate surface area is 148 Å². The van der Waals surface area contributed by atoms with Gasteiger partial charge < -0.3 is 19.5 Å². The molecule has 2 aromatic carbocycles. The molecule has 1 amide bonds. The molecule has 25 heavy (non-hydrogen) atoms. The minimum Gasteiger partial charge on any atom is -0.497 e. The molecule has 0 aromatic heterocycles. The molecule has 0 bridgehead atoms. The Morgan fingerprint density at radius 3 is 2.36 bits per heavy atom. The van der Waals surface area contributed by atoms with Crippen molar-refractivity contribution >= 4 is 5.91 Å². The molecule has 0 aliphatic rings. The number of methoxy groups -OCH3 is 1. The fraction of sp³-hybridized carbons (Fsp3) is 0.350. The van der Waals surface area contributed by atoms with E-state index in [0.717, 1.165) is 11.3 Å². The van der Waals surface area contributed by atoms with E-state index in [4.69, 9.17) is 14.2 Å². The molecule has 0 saturated carbocycles. The Morgan fingerprint density at radius 1 is 1.04 bits per heavy atom. The summed E-state index contributed by atoms with van der Waals surface area (Å²) >= 11 is 0. The van der Waals surface area contributed by atoms with Crippen molar-refractivity contribution in [2.45, 2.75) is 26.1 Å². The van der Waals surface area contributed by atoms with Crippen LogP contribution < -0.4 is 14.8 Å². The van der Waals surface area contributed by atoms with Crippen molar-refractivity contribution in [1.29, 1.82) is 0 Å². The van der Waals surface area contributed by atoms with Crippen LogP contribution in [0.4, 0.5) is 0 Å². The number of rotatable bonds is 10. The van der Waals surface area contributed by atoms with E-state index in [1.54, 1.807) is 31.4 Å². The third-order valence-electron chi connectivity index (χ3n) is 3.66. The number of nitrogens with one attached hydrogen (secondary N) is 1. The van der Waals surface area contributed by atoms with Gasteiger partial charge in [-0.3, -0.25) is 4.79 Å². The molecule has 0 aliphatic carbocycles. The van der Waals surface area contributed by atoms with Gasteiger partial charge in [-0.15, -0.1) is 0 Å². The SMILES string of the molecule is CCC(Oc1ccc(OC)cc1)C(=O)NCCOCc1ccccc1. The van der Waals surface area contributed by atoms with Crippen LogP contribution >= 0.6 is 0 Å². The van der Waals surface area contributed by atoms with Gasteiger partial charge in [-0.25, -0.2) is 0 Å². The summed E-state index contributed by atoms with van der Waals surface area (Å²) in [6, 6.07) is 17.1. The Kier molecular flexibility index (Phi) is 7.79. The predicted molar refractivity (Wildman–Crippen MR) is 96.8 cm³/mol. The standard InChI is InChI=1S/C20H25NO4/c1-3-19(25-18-11-9-17(23-2)10-12-18)20(22)21-13-14-24-15-16-7-5-4-6-8-16/h4-12,19H,3,13-15H2,1-2H3,(H,21,22). The topological polar surface area (TPSA) is 56.8 Å². The van der Waals surface area contributed by atoms with Crippen LogP contribution in [0.15, 0.2) is 54.6 Å². The van der Waals surface area contributed by atoms with Crippen molar-refractivity contribution in [2.75, 3.05) is 20.3 Å². The van der Waals surface area contributed by atoms with E-state index in [1.807, 2.05) is 37.3 Å². The highest BCUT2D eigenvalue weighted by atomic mass is 16.5. The third-order valence-corrected chi connectivity index (χ3v) is 3.66. The first-order valence-corrected chi connectivity index (χ1v) is 8.43. The second kappa shape index (κ2) is 10.4. The van der Waals surface area contributed by atoms with Gasteiger partial charge in [0.15, 0.2) is 6.10 Å². The summed E-state index contributed by atoms with van der Waals surface area (Å²) in [6.07, 6.45) is 0.0606. The van der Waals surface area contributed by atoms with Crippen LogP contribution in [0.25, 0.3) is 0 Å². The smallest absolute Gasteiger partial charge is 0.261 e. The van der Waals surface area contributed by atoms with Gasteiger partial charge in [0.2, 0.25) is 0 Å². The first-order valence-electron chi connectivity index (χ1n) is 8.43. The number of hydrogen-bond donors (Lipinski definition) is 1. The van der Waals surface area contributed by atoms with Crippen molar-refractivity contribution in [1.82, 2.24) is 5.32 Å². The monoisotopic (exact) mass is 343 g/mol. The zero-order valence-electron chi connectivity index (χ0n) is 14.7. The van der Waals surface area contributed by atoms with E-state index in [9.17, 15) is 4.79 Å². The first-order chi connectivity index (χ1) is 12.2. The molecule has 0 spiro atoms. The van der Waals surface area contributed by atoms with Crippen molar-refractivity contribution in [3.05, 3.63) is 60.2 Å². The molecule has 0 radical (unpaired) electrons. The molecule has 1 N–H and O–H groups in total. The second-order valence-electron chi connectivity index (χ2n) is 5.52.